The molecule has 1 heterocycles. The van der Waals surface area contributed by atoms with E-state index in [4.69, 9.17) is 14.5 Å². The summed E-state index contributed by atoms with van der Waals surface area (Å²) in [5.41, 5.74) is 0. The first-order valence-electron chi connectivity index (χ1n) is 8.82. The number of likely N-dealkylation sites (tertiary alicyclic amines) is 1. The van der Waals surface area contributed by atoms with Crippen LogP contribution in [-0.2, 0) is 14.3 Å². The summed E-state index contributed by atoms with van der Waals surface area (Å²) >= 11 is 0. The van der Waals surface area contributed by atoms with Crippen LogP contribution in [0.4, 0.5) is 0 Å². The molecule has 0 aromatic carbocycles. The molecule has 2 atom stereocenters. The summed E-state index contributed by atoms with van der Waals surface area (Å²) < 4.78 is 9.99. The Bertz CT molecular complexity index is 403. The van der Waals surface area contributed by atoms with Gasteiger partial charge in [0.1, 0.15) is 0 Å². The molecule has 7 nitrogen and oxygen atoms in total. The number of likely N-dealkylation sites (N-methyl/N-ethyl adjacent to an activating group) is 1. The van der Waals surface area contributed by atoms with Crippen molar-refractivity contribution in [3.63, 3.8) is 0 Å². The SMILES string of the molecule is CCNC(=NCCCN(C)CCOC)N1CC(C)C(C(=O)OC)C1. The number of nitrogens with one attached hydrogen (secondary N) is 1. The van der Waals surface area contributed by atoms with Crippen molar-refractivity contribution in [1.29, 1.82) is 0 Å². The van der Waals surface area contributed by atoms with Gasteiger partial charge in [0.15, 0.2) is 5.96 Å². The zero-order valence-corrected chi connectivity index (χ0v) is 15.9. The minimum Gasteiger partial charge on any atom is -0.469 e. The molecule has 0 amide bonds. The first-order chi connectivity index (χ1) is 11.5. The molecule has 0 aromatic rings. The predicted octanol–water partition coefficient (Wildman–Crippen LogP) is 0.661. The molecule has 1 N–H and O–H groups in total. The number of hydrogen-bond donors (Lipinski definition) is 1. The van der Waals surface area contributed by atoms with E-state index in [-0.39, 0.29) is 17.8 Å². The van der Waals surface area contributed by atoms with E-state index in [9.17, 15) is 4.79 Å². The highest BCUT2D eigenvalue weighted by molar-refractivity contribution is 5.82. The van der Waals surface area contributed by atoms with Crippen molar-refractivity contribution >= 4 is 11.9 Å². The van der Waals surface area contributed by atoms with Crippen molar-refractivity contribution in [2.45, 2.75) is 20.3 Å². The van der Waals surface area contributed by atoms with Gasteiger partial charge < -0.3 is 24.6 Å². The minimum atomic E-state index is -0.124. The number of aliphatic imine (C=N–C) groups is 1. The lowest BCUT2D eigenvalue weighted by molar-refractivity contribution is -0.145. The van der Waals surface area contributed by atoms with Crippen LogP contribution in [0, 0.1) is 11.8 Å². The Kier molecular flexibility index (Phi) is 9.71. The highest BCUT2D eigenvalue weighted by Gasteiger charge is 2.36. The number of methoxy groups -OCH3 is 2. The Morgan fingerprint density at radius 2 is 2.08 bits per heavy atom. The maximum absolute atomic E-state index is 11.8. The molecule has 0 spiro atoms. The standard InChI is InChI=1S/C17H34N4O3/c1-6-18-17(19-8-7-9-20(3)10-11-23-4)21-12-14(2)15(13-21)16(22)24-5/h14-15H,6-13H2,1-5H3,(H,18,19). The Morgan fingerprint density at radius 3 is 2.71 bits per heavy atom. The van der Waals surface area contributed by atoms with Gasteiger partial charge in [-0.25, -0.2) is 0 Å². The van der Waals surface area contributed by atoms with Crippen molar-refractivity contribution in [3.8, 4) is 0 Å². The van der Waals surface area contributed by atoms with Crippen LogP contribution in [0.2, 0.25) is 0 Å². The van der Waals surface area contributed by atoms with E-state index in [1.807, 2.05) is 0 Å². The molecule has 1 rings (SSSR count). The zero-order chi connectivity index (χ0) is 17.9. The van der Waals surface area contributed by atoms with Crippen molar-refractivity contribution in [2.24, 2.45) is 16.8 Å². The normalized spacial score (nSPS) is 21.4. The van der Waals surface area contributed by atoms with Gasteiger partial charge in [-0.1, -0.05) is 6.92 Å². The van der Waals surface area contributed by atoms with Crippen molar-refractivity contribution in [3.05, 3.63) is 0 Å². The molecule has 1 fully saturated rings. The predicted molar refractivity (Wildman–Crippen MR) is 96.2 cm³/mol. The average Bonchev–Trinajstić information content (AvgIpc) is 2.96. The fourth-order valence-corrected chi connectivity index (χ4v) is 2.91. The smallest absolute Gasteiger partial charge is 0.310 e. The lowest BCUT2D eigenvalue weighted by Crippen LogP contribution is -2.40. The van der Waals surface area contributed by atoms with Gasteiger partial charge in [0.2, 0.25) is 0 Å². The second kappa shape index (κ2) is 11.3. The van der Waals surface area contributed by atoms with Gasteiger partial charge in [-0.05, 0) is 32.9 Å². The summed E-state index contributed by atoms with van der Waals surface area (Å²) in [6, 6.07) is 0. The van der Waals surface area contributed by atoms with Gasteiger partial charge in [-0.2, -0.15) is 0 Å². The summed E-state index contributed by atoms with van der Waals surface area (Å²) in [7, 11) is 5.27. The monoisotopic (exact) mass is 342 g/mol. The third-order valence-electron chi connectivity index (χ3n) is 4.39. The molecule has 0 aromatic heterocycles. The Morgan fingerprint density at radius 1 is 1.33 bits per heavy atom. The van der Waals surface area contributed by atoms with Crippen LogP contribution < -0.4 is 5.32 Å². The van der Waals surface area contributed by atoms with Gasteiger partial charge in [-0.15, -0.1) is 0 Å². The molecule has 140 valence electrons. The topological polar surface area (TPSA) is 66.4 Å². The van der Waals surface area contributed by atoms with Crippen LogP contribution in [-0.4, -0.2) is 88.9 Å². The van der Waals surface area contributed by atoms with Crippen molar-refractivity contribution < 1.29 is 14.3 Å². The quantitative estimate of drug-likeness (QED) is 0.287. The molecule has 0 saturated carbocycles. The van der Waals surface area contributed by atoms with E-state index >= 15 is 0 Å². The summed E-state index contributed by atoms with van der Waals surface area (Å²) in [6.07, 6.45) is 0.999. The largest absolute Gasteiger partial charge is 0.469 e. The second-order valence-electron chi connectivity index (χ2n) is 6.40. The summed E-state index contributed by atoms with van der Waals surface area (Å²) in [6.45, 7) is 9.93. The van der Waals surface area contributed by atoms with Crippen molar-refractivity contribution in [2.75, 3.05) is 67.1 Å². The van der Waals surface area contributed by atoms with E-state index in [0.29, 0.717) is 6.54 Å². The van der Waals surface area contributed by atoms with E-state index in [1.54, 1.807) is 7.11 Å². The minimum absolute atomic E-state index is 0.0703. The van der Waals surface area contributed by atoms with E-state index < -0.39 is 0 Å². The number of esters is 1. The maximum Gasteiger partial charge on any atom is 0.310 e. The average molecular weight is 342 g/mol. The number of guanidine groups is 1. The van der Waals surface area contributed by atoms with Crippen LogP contribution in [0.5, 0.6) is 0 Å². The second-order valence-corrected chi connectivity index (χ2v) is 6.40. The third kappa shape index (κ3) is 6.65. The number of carbonyl (C=O) groups excluding carboxylic acids is 1. The van der Waals surface area contributed by atoms with Crippen LogP contribution in [0.1, 0.15) is 20.3 Å². The van der Waals surface area contributed by atoms with Gasteiger partial charge in [0, 0.05) is 39.8 Å². The molecule has 0 bridgehead atoms. The van der Waals surface area contributed by atoms with Crippen LogP contribution in [0.3, 0.4) is 0 Å². The van der Waals surface area contributed by atoms with Crippen molar-refractivity contribution in [1.82, 2.24) is 15.1 Å². The molecular formula is C17H34N4O3. The van der Waals surface area contributed by atoms with Crippen LogP contribution in [0.15, 0.2) is 4.99 Å². The van der Waals surface area contributed by atoms with E-state index in [2.05, 4.69) is 36.0 Å². The molecule has 2 unspecified atom stereocenters. The summed E-state index contributed by atoms with van der Waals surface area (Å²) in [4.78, 5) is 21.0. The van der Waals surface area contributed by atoms with E-state index in [1.165, 1.54) is 7.11 Å². The molecule has 1 aliphatic rings. The first-order valence-corrected chi connectivity index (χ1v) is 8.82. The van der Waals surface area contributed by atoms with E-state index in [0.717, 1.165) is 51.7 Å². The molecule has 24 heavy (non-hydrogen) atoms. The molecule has 1 saturated heterocycles. The number of nitrogens with zero attached hydrogens (tertiary/aromatic N) is 3. The van der Waals surface area contributed by atoms with Gasteiger partial charge in [0.25, 0.3) is 0 Å². The van der Waals surface area contributed by atoms with Gasteiger partial charge in [0.05, 0.1) is 19.6 Å². The van der Waals surface area contributed by atoms with Gasteiger partial charge in [-0.3, -0.25) is 9.79 Å². The molecular weight excluding hydrogens is 308 g/mol. The van der Waals surface area contributed by atoms with Crippen LogP contribution in [0.25, 0.3) is 0 Å². The molecule has 0 aliphatic carbocycles. The Balaban J connectivity index is 2.49. The highest BCUT2D eigenvalue weighted by atomic mass is 16.5. The fourth-order valence-electron chi connectivity index (χ4n) is 2.91. The fraction of sp³-hybridized carbons (Fsp3) is 0.882. The van der Waals surface area contributed by atoms with Gasteiger partial charge >= 0.3 is 5.97 Å². The maximum atomic E-state index is 11.8. The number of carbonyl (C=O) groups is 1. The lowest BCUT2D eigenvalue weighted by Gasteiger charge is -2.21. The Hall–Kier alpha value is -1.34. The highest BCUT2D eigenvalue weighted by Crippen LogP contribution is 2.24. The lowest BCUT2D eigenvalue weighted by atomic mass is 9.99. The third-order valence-corrected chi connectivity index (χ3v) is 4.39. The number of hydrogen-bond acceptors (Lipinski definition) is 5. The Labute approximate surface area is 146 Å². The summed E-state index contributed by atoms with van der Waals surface area (Å²) in [5.74, 6) is 0.983. The first kappa shape index (κ1) is 20.7. The molecule has 7 heteroatoms. The molecule has 0 radical (unpaired) electrons. The molecule has 1 aliphatic heterocycles. The summed E-state index contributed by atoms with van der Waals surface area (Å²) in [5, 5.41) is 3.34. The zero-order valence-electron chi connectivity index (χ0n) is 15.9. The number of rotatable bonds is 9. The number of ether oxygens (including phenoxy) is 2. The van der Waals surface area contributed by atoms with Crippen LogP contribution >= 0.6 is 0 Å².